The number of halogens is 2. The largest absolute Gasteiger partial charge is 0.392 e. The van der Waals surface area contributed by atoms with Crippen LogP contribution in [0.4, 0.5) is 0 Å². The fourth-order valence-electron chi connectivity index (χ4n) is 2.12. The van der Waals surface area contributed by atoms with Crippen LogP contribution in [0.15, 0.2) is 18.2 Å². The van der Waals surface area contributed by atoms with Gasteiger partial charge in [-0.2, -0.15) is 0 Å². The van der Waals surface area contributed by atoms with E-state index in [-0.39, 0.29) is 12.5 Å². The minimum absolute atomic E-state index is 0.0501. The van der Waals surface area contributed by atoms with Gasteiger partial charge in [-0.3, -0.25) is 4.79 Å². The molecule has 7 heteroatoms. The number of nitrogens with one attached hydrogen (secondary N) is 2. The minimum Gasteiger partial charge on any atom is -0.392 e. The summed E-state index contributed by atoms with van der Waals surface area (Å²) in [5.74, 6) is -0.245. The zero-order chi connectivity index (χ0) is 14.7. The molecule has 1 saturated heterocycles. The zero-order valence-electron chi connectivity index (χ0n) is 10.6. The summed E-state index contributed by atoms with van der Waals surface area (Å²) in [5, 5.41) is 25.7. The van der Waals surface area contributed by atoms with Gasteiger partial charge < -0.3 is 20.8 Å². The summed E-state index contributed by atoms with van der Waals surface area (Å²) >= 11 is 11.8. The average Bonchev–Trinajstić information content (AvgIpc) is 2.82. The molecule has 1 amide bonds. The number of hydrogen-bond acceptors (Lipinski definition) is 4. The average molecular weight is 319 g/mol. The number of hydrogen-bond donors (Lipinski definition) is 4. The summed E-state index contributed by atoms with van der Waals surface area (Å²) < 4.78 is 0. The van der Waals surface area contributed by atoms with E-state index in [1.54, 1.807) is 18.2 Å². The van der Waals surface area contributed by atoms with Gasteiger partial charge in [-0.05, 0) is 18.6 Å². The highest BCUT2D eigenvalue weighted by Gasteiger charge is 2.28. The molecule has 3 atom stereocenters. The molecular formula is C13H16Cl2N2O3. The van der Waals surface area contributed by atoms with Crippen molar-refractivity contribution in [1.82, 2.24) is 10.6 Å². The Morgan fingerprint density at radius 3 is 2.85 bits per heavy atom. The summed E-state index contributed by atoms with van der Waals surface area (Å²) in [6.45, 7) is 0.456. The van der Waals surface area contributed by atoms with Gasteiger partial charge in [0, 0.05) is 28.7 Å². The molecule has 1 aliphatic heterocycles. The Kier molecular flexibility index (Phi) is 5.23. The Labute approximate surface area is 126 Å². The zero-order valence-corrected chi connectivity index (χ0v) is 12.2. The third-order valence-electron chi connectivity index (χ3n) is 3.22. The third kappa shape index (κ3) is 3.84. The number of benzene rings is 1. The molecule has 2 rings (SSSR count). The first-order valence-electron chi connectivity index (χ1n) is 6.29. The van der Waals surface area contributed by atoms with Crippen molar-refractivity contribution in [2.45, 2.75) is 24.7 Å². The van der Waals surface area contributed by atoms with Crippen LogP contribution in [0.2, 0.25) is 10.0 Å². The van der Waals surface area contributed by atoms with E-state index in [2.05, 4.69) is 10.6 Å². The second-order valence-electron chi connectivity index (χ2n) is 4.78. The molecule has 0 aliphatic carbocycles. The first-order chi connectivity index (χ1) is 9.47. The third-order valence-corrected chi connectivity index (χ3v) is 3.78. The molecule has 1 aromatic carbocycles. The SMILES string of the molecule is O=C(NC[C@H](O)c1ccc(Cl)cc1Cl)[C@@H]1C[C@H](O)CN1. The summed E-state index contributed by atoms with van der Waals surface area (Å²) in [7, 11) is 0. The summed E-state index contributed by atoms with van der Waals surface area (Å²) in [4.78, 5) is 11.8. The minimum atomic E-state index is -0.907. The second kappa shape index (κ2) is 6.74. The predicted molar refractivity (Wildman–Crippen MR) is 76.8 cm³/mol. The van der Waals surface area contributed by atoms with Crippen LogP contribution in [-0.4, -0.2) is 41.4 Å². The van der Waals surface area contributed by atoms with E-state index < -0.39 is 18.2 Å². The molecule has 1 fully saturated rings. The maximum Gasteiger partial charge on any atom is 0.237 e. The maximum absolute atomic E-state index is 11.8. The van der Waals surface area contributed by atoms with Crippen LogP contribution in [0.3, 0.4) is 0 Å². The topological polar surface area (TPSA) is 81.6 Å². The Bertz CT molecular complexity index is 499. The van der Waals surface area contributed by atoms with Gasteiger partial charge in [-0.1, -0.05) is 29.3 Å². The van der Waals surface area contributed by atoms with Crippen LogP contribution >= 0.6 is 23.2 Å². The molecule has 0 aromatic heterocycles. The van der Waals surface area contributed by atoms with Gasteiger partial charge in [-0.25, -0.2) is 0 Å². The standard InChI is InChI=1S/C13H16Cl2N2O3/c14-7-1-2-9(10(15)3-7)12(19)6-17-13(20)11-4-8(18)5-16-11/h1-3,8,11-12,16,18-19H,4-6H2,(H,17,20)/t8-,11-,12-/m0/s1. The van der Waals surface area contributed by atoms with E-state index in [1.807, 2.05) is 0 Å². The molecule has 0 unspecified atom stereocenters. The van der Waals surface area contributed by atoms with Gasteiger partial charge in [0.1, 0.15) is 0 Å². The van der Waals surface area contributed by atoms with Crippen molar-refractivity contribution >= 4 is 29.1 Å². The number of amides is 1. The number of aliphatic hydroxyl groups excluding tert-OH is 2. The van der Waals surface area contributed by atoms with Crippen molar-refractivity contribution in [2.75, 3.05) is 13.1 Å². The first-order valence-corrected chi connectivity index (χ1v) is 7.05. The van der Waals surface area contributed by atoms with E-state index in [1.165, 1.54) is 0 Å². The lowest BCUT2D eigenvalue weighted by molar-refractivity contribution is -0.123. The summed E-state index contributed by atoms with van der Waals surface area (Å²) in [6, 6.07) is 4.37. The van der Waals surface area contributed by atoms with Crippen LogP contribution in [0, 0.1) is 0 Å². The highest BCUT2D eigenvalue weighted by molar-refractivity contribution is 6.35. The Morgan fingerprint density at radius 2 is 2.25 bits per heavy atom. The van der Waals surface area contributed by atoms with Crippen molar-refractivity contribution in [1.29, 1.82) is 0 Å². The van der Waals surface area contributed by atoms with Crippen molar-refractivity contribution in [3.05, 3.63) is 33.8 Å². The molecule has 5 nitrogen and oxygen atoms in total. The van der Waals surface area contributed by atoms with Gasteiger partial charge in [0.05, 0.1) is 18.2 Å². The molecule has 4 N–H and O–H groups in total. The smallest absolute Gasteiger partial charge is 0.237 e. The molecule has 1 aromatic rings. The monoisotopic (exact) mass is 318 g/mol. The molecule has 0 radical (unpaired) electrons. The fourth-order valence-corrected chi connectivity index (χ4v) is 2.65. The van der Waals surface area contributed by atoms with Crippen molar-refractivity contribution in [2.24, 2.45) is 0 Å². The van der Waals surface area contributed by atoms with Gasteiger partial charge in [0.25, 0.3) is 0 Å². The molecule has 1 heterocycles. The van der Waals surface area contributed by atoms with Crippen LogP contribution in [-0.2, 0) is 4.79 Å². The van der Waals surface area contributed by atoms with E-state index in [0.29, 0.717) is 28.6 Å². The molecule has 110 valence electrons. The van der Waals surface area contributed by atoms with Crippen LogP contribution in [0.5, 0.6) is 0 Å². The van der Waals surface area contributed by atoms with E-state index >= 15 is 0 Å². The van der Waals surface area contributed by atoms with E-state index in [9.17, 15) is 15.0 Å². The number of carbonyl (C=O) groups excluding carboxylic acids is 1. The highest BCUT2D eigenvalue weighted by atomic mass is 35.5. The number of rotatable bonds is 4. The lowest BCUT2D eigenvalue weighted by atomic mass is 10.1. The Morgan fingerprint density at radius 1 is 1.50 bits per heavy atom. The molecule has 0 spiro atoms. The lowest BCUT2D eigenvalue weighted by Crippen LogP contribution is -2.41. The fraction of sp³-hybridized carbons (Fsp3) is 0.462. The summed E-state index contributed by atoms with van der Waals surface area (Å²) in [6.07, 6.45) is -1.03. The van der Waals surface area contributed by atoms with Gasteiger partial charge in [0.2, 0.25) is 5.91 Å². The van der Waals surface area contributed by atoms with Crippen molar-refractivity contribution < 1.29 is 15.0 Å². The van der Waals surface area contributed by atoms with E-state index in [4.69, 9.17) is 23.2 Å². The van der Waals surface area contributed by atoms with Gasteiger partial charge in [0.15, 0.2) is 0 Å². The summed E-state index contributed by atoms with van der Waals surface area (Å²) in [5.41, 5.74) is 0.510. The first kappa shape index (κ1) is 15.5. The molecule has 20 heavy (non-hydrogen) atoms. The van der Waals surface area contributed by atoms with Crippen LogP contribution in [0.25, 0.3) is 0 Å². The van der Waals surface area contributed by atoms with E-state index in [0.717, 1.165) is 0 Å². The number of β-amino-alcohol motifs (C(OH)–C–C–N with tert-alkyl or cyclic N) is 1. The maximum atomic E-state index is 11.8. The molecule has 0 saturated carbocycles. The Hall–Kier alpha value is -0.850. The van der Waals surface area contributed by atoms with Gasteiger partial charge >= 0.3 is 0 Å². The normalized spacial score (nSPS) is 23.6. The molecular weight excluding hydrogens is 303 g/mol. The quantitative estimate of drug-likeness (QED) is 0.664. The second-order valence-corrected chi connectivity index (χ2v) is 5.62. The number of carbonyl (C=O) groups is 1. The van der Waals surface area contributed by atoms with Gasteiger partial charge in [-0.15, -0.1) is 0 Å². The van der Waals surface area contributed by atoms with Crippen LogP contribution in [0.1, 0.15) is 18.1 Å². The highest BCUT2D eigenvalue weighted by Crippen LogP contribution is 2.25. The van der Waals surface area contributed by atoms with Crippen LogP contribution < -0.4 is 10.6 Å². The van der Waals surface area contributed by atoms with Crippen molar-refractivity contribution in [3.8, 4) is 0 Å². The predicted octanol–water partition coefficient (Wildman–Crippen LogP) is 0.866. The number of aliphatic hydroxyl groups is 2. The lowest BCUT2D eigenvalue weighted by Gasteiger charge is -2.16. The van der Waals surface area contributed by atoms with Crippen molar-refractivity contribution in [3.63, 3.8) is 0 Å². The Balaban J connectivity index is 1.88. The molecule has 1 aliphatic rings. The molecule has 0 bridgehead atoms.